The molecule has 1 saturated carbocycles. The molecule has 2 N–H and O–H groups in total. The number of amides is 1. The van der Waals surface area contributed by atoms with E-state index in [4.69, 9.17) is 0 Å². The first kappa shape index (κ1) is 12.9. The summed E-state index contributed by atoms with van der Waals surface area (Å²) in [7, 11) is 0. The lowest BCUT2D eigenvalue weighted by atomic mass is 10.1. The Labute approximate surface area is 108 Å². The smallest absolute Gasteiger partial charge is 0.255 e. The Bertz CT molecular complexity index is 400. The molecule has 0 saturated heterocycles. The summed E-state index contributed by atoms with van der Waals surface area (Å²) in [5.41, 5.74) is 0.636. The maximum atomic E-state index is 12.1. The van der Waals surface area contributed by atoms with Crippen molar-refractivity contribution in [2.45, 2.75) is 32.6 Å². The van der Waals surface area contributed by atoms with Gasteiger partial charge in [-0.25, -0.2) is 4.98 Å². The predicted octanol–water partition coefficient (Wildman–Crippen LogP) is 2.43. The van der Waals surface area contributed by atoms with E-state index in [1.807, 2.05) is 13.0 Å². The number of rotatable bonds is 5. The molecule has 0 atom stereocenters. The van der Waals surface area contributed by atoms with Crippen molar-refractivity contribution in [1.82, 2.24) is 10.3 Å². The summed E-state index contributed by atoms with van der Waals surface area (Å²) in [5.74, 6) is 1.31. The van der Waals surface area contributed by atoms with Gasteiger partial charge in [0.05, 0.1) is 5.56 Å². The molecule has 1 heterocycles. The van der Waals surface area contributed by atoms with Gasteiger partial charge in [-0.2, -0.15) is 0 Å². The zero-order valence-electron chi connectivity index (χ0n) is 10.9. The summed E-state index contributed by atoms with van der Waals surface area (Å²) >= 11 is 0. The van der Waals surface area contributed by atoms with Gasteiger partial charge in [0.15, 0.2) is 0 Å². The van der Waals surface area contributed by atoms with Crippen molar-refractivity contribution in [1.29, 1.82) is 0 Å². The summed E-state index contributed by atoms with van der Waals surface area (Å²) in [6.07, 6.45) is 6.79. The molecule has 1 amide bonds. The monoisotopic (exact) mass is 247 g/mol. The van der Waals surface area contributed by atoms with Gasteiger partial charge in [-0.05, 0) is 37.8 Å². The maximum absolute atomic E-state index is 12.1. The Morgan fingerprint density at radius 2 is 2.22 bits per heavy atom. The van der Waals surface area contributed by atoms with Crippen molar-refractivity contribution < 1.29 is 4.79 Å². The highest BCUT2D eigenvalue weighted by atomic mass is 16.1. The molecule has 1 aliphatic rings. The van der Waals surface area contributed by atoms with Crippen LogP contribution in [0.25, 0.3) is 0 Å². The van der Waals surface area contributed by atoms with Gasteiger partial charge in [0.25, 0.3) is 5.91 Å². The first-order valence-corrected chi connectivity index (χ1v) is 6.78. The molecule has 1 aromatic heterocycles. The van der Waals surface area contributed by atoms with Crippen molar-refractivity contribution in [2.24, 2.45) is 5.92 Å². The van der Waals surface area contributed by atoms with E-state index >= 15 is 0 Å². The fourth-order valence-electron chi connectivity index (χ4n) is 2.44. The quantitative estimate of drug-likeness (QED) is 0.840. The molecule has 18 heavy (non-hydrogen) atoms. The minimum absolute atomic E-state index is 0.0223. The molecule has 1 aliphatic carbocycles. The Hall–Kier alpha value is -1.58. The van der Waals surface area contributed by atoms with Gasteiger partial charge in [0, 0.05) is 19.3 Å². The lowest BCUT2D eigenvalue weighted by Gasteiger charge is -2.12. The summed E-state index contributed by atoms with van der Waals surface area (Å²) in [6.45, 7) is 3.55. The van der Waals surface area contributed by atoms with Crippen LogP contribution < -0.4 is 10.6 Å². The van der Waals surface area contributed by atoms with Gasteiger partial charge in [-0.1, -0.05) is 12.8 Å². The third-order valence-corrected chi connectivity index (χ3v) is 3.42. The minimum atomic E-state index is -0.0223. The summed E-state index contributed by atoms with van der Waals surface area (Å²) in [4.78, 5) is 16.3. The minimum Gasteiger partial charge on any atom is -0.370 e. The van der Waals surface area contributed by atoms with E-state index in [0.717, 1.165) is 13.1 Å². The fraction of sp³-hybridized carbons (Fsp3) is 0.571. The van der Waals surface area contributed by atoms with Crippen molar-refractivity contribution in [3.8, 4) is 0 Å². The van der Waals surface area contributed by atoms with Crippen molar-refractivity contribution in [3.63, 3.8) is 0 Å². The summed E-state index contributed by atoms with van der Waals surface area (Å²) < 4.78 is 0. The number of hydrogen-bond acceptors (Lipinski definition) is 3. The highest BCUT2D eigenvalue weighted by Crippen LogP contribution is 2.23. The second-order valence-corrected chi connectivity index (χ2v) is 4.79. The van der Waals surface area contributed by atoms with Crippen LogP contribution in [0, 0.1) is 5.92 Å². The van der Waals surface area contributed by atoms with Gasteiger partial charge >= 0.3 is 0 Å². The molecule has 0 bridgehead atoms. The largest absolute Gasteiger partial charge is 0.370 e. The Morgan fingerprint density at radius 3 is 2.94 bits per heavy atom. The predicted molar refractivity (Wildman–Crippen MR) is 72.7 cm³/mol. The van der Waals surface area contributed by atoms with Crippen LogP contribution in [-0.2, 0) is 0 Å². The van der Waals surface area contributed by atoms with Crippen molar-refractivity contribution in [2.75, 3.05) is 18.4 Å². The van der Waals surface area contributed by atoms with E-state index in [-0.39, 0.29) is 5.91 Å². The van der Waals surface area contributed by atoms with E-state index < -0.39 is 0 Å². The molecule has 1 fully saturated rings. The Morgan fingerprint density at radius 1 is 1.44 bits per heavy atom. The van der Waals surface area contributed by atoms with Crippen LogP contribution in [-0.4, -0.2) is 24.0 Å². The number of nitrogens with zero attached hydrogens (tertiary/aromatic N) is 1. The number of hydrogen-bond donors (Lipinski definition) is 2. The van der Waals surface area contributed by atoms with Gasteiger partial charge < -0.3 is 10.6 Å². The number of aromatic nitrogens is 1. The molecular formula is C14H21N3O. The fourth-order valence-corrected chi connectivity index (χ4v) is 2.44. The molecule has 0 radical (unpaired) electrons. The number of nitrogens with one attached hydrogen (secondary N) is 2. The topological polar surface area (TPSA) is 54.0 Å². The molecule has 0 aliphatic heterocycles. The van der Waals surface area contributed by atoms with Gasteiger partial charge in [0.2, 0.25) is 0 Å². The molecule has 0 spiro atoms. The van der Waals surface area contributed by atoms with Crippen molar-refractivity contribution >= 4 is 11.7 Å². The van der Waals surface area contributed by atoms with Crippen LogP contribution in [0.5, 0.6) is 0 Å². The standard InChI is InChI=1S/C14H21N3O/c1-2-15-13-12(8-5-9-16-13)14(18)17-10-11-6-3-4-7-11/h5,8-9,11H,2-4,6-7,10H2,1H3,(H,15,16)(H,17,18). The van der Waals surface area contributed by atoms with Crippen LogP contribution in [0.2, 0.25) is 0 Å². The van der Waals surface area contributed by atoms with Gasteiger partial charge in [-0.3, -0.25) is 4.79 Å². The highest BCUT2D eigenvalue weighted by molar-refractivity contribution is 5.98. The van der Waals surface area contributed by atoms with Crippen molar-refractivity contribution in [3.05, 3.63) is 23.9 Å². The highest BCUT2D eigenvalue weighted by Gasteiger charge is 2.17. The van der Waals surface area contributed by atoms with Crippen LogP contribution in [0.1, 0.15) is 43.0 Å². The molecule has 0 aromatic carbocycles. The van der Waals surface area contributed by atoms with Gasteiger partial charge in [0.1, 0.15) is 5.82 Å². The van der Waals surface area contributed by atoms with Crippen LogP contribution >= 0.6 is 0 Å². The number of anilines is 1. The van der Waals surface area contributed by atoms with E-state index in [1.54, 1.807) is 12.3 Å². The maximum Gasteiger partial charge on any atom is 0.255 e. The van der Waals surface area contributed by atoms with Crippen LogP contribution in [0.3, 0.4) is 0 Å². The van der Waals surface area contributed by atoms with Gasteiger partial charge in [-0.15, -0.1) is 0 Å². The molecule has 0 unspecified atom stereocenters. The van der Waals surface area contributed by atoms with E-state index in [2.05, 4.69) is 15.6 Å². The molecule has 1 aromatic rings. The van der Waals surface area contributed by atoms with E-state index in [9.17, 15) is 4.79 Å². The molecule has 2 rings (SSSR count). The van der Waals surface area contributed by atoms with E-state index in [1.165, 1.54) is 25.7 Å². The average molecular weight is 247 g/mol. The summed E-state index contributed by atoms with van der Waals surface area (Å²) in [6, 6.07) is 3.61. The molecule has 4 nitrogen and oxygen atoms in total. The summed E-state index contributed by atoms with van der Waals surface area (Å²) in [5, 5.41) is 6.13. The lowest BCUT2D eigenvalue weighted by molar-refractivity contribution is 0.0948. The average Bonchev–Trinajstić information content (AvgIpc) is 2.90. The first-order chi connectivity index (χ1) is 8.81. The first-order valence-electron chi connectivity index (χ1n) is 6.78. The number of carbonyl (C=O) groups is 1. The SMILES string of the molecule is CCNc1ncccc1C(=O)NCC1CCCC1. The second kappa shape index (κ2) is 6.38. The Kier molecular flexibility index (Phi) is 4.56. The van der Waals surface area contributed by atoms with Crippen LogP contribution in [0.15, 0.2) is 18.3 Å². The molecule has 98 valence electrons. The number of carbonyl (C=O) groups excluding carboxylic acids is 1. The molecule has 4 heteroatoms. The van der Waals surface area contributed by atoms with E-state index in [0.29, 0.717) is 17.3 Å². The van der Waals surface area contributed by atoms with Crippen LogP contribution in [0.4, 0.5) is 5.82 Å². The number of pyridine rings is 1. The third-order valence-electron chi connectivity index (χ3n) is 3.42. The third kappa shape index (κ3) is 3.22. The zero-order valence-corrected chi connectivity index (χ0v) is 10.9. The molecular weight excluding hydrogens is 226 g/mol. The Balaban J connectivity index is 1.94. The normalized spacial score (nSPS) is 15.6. The lowest BCUT2D eigenvalue weighted by Crippen LogP contribution is -2.29. The second-order valence-electron chi connectivity index (χ2n) is 4.79. The zero-order chi connectivity index (χ0) is 12.8.